The van der Waals surface area contributed by atoms with E-state index < -0.39 is 12.1 Å². The summed E-state index contributed by atoms with van der Waals surface area (Å²) in [4.78, 5) is 23.6. The van der Waals surface area contributed by atoms with Crippen molar-refractivity contribution in [2.75, 3.05) is 5.32 Å². The topological polar surface area (TPSA) is 104 Å². The summed E-state index contributed by atoms with van der Waals surface area (Å²) < 4.78 is 5.57. The average molecular weight is 325 g/mol. The molecule has 0 radical (unpaired) electrons. The number of ether oxygens (including phenoxy) is 1. The second-order valence-electron chi connectivity index (χ2n) is 5.17. The van der Waals surface area contributed by atoms with Crippen LogP contribution in [0.15, 0.2) is 48.5 Å². The second kappa shape index (κ2) is 6.41. The number of aromatic nitrogens is 2. The fraction of sp³-hybridized carbons (Fsp3) is 0.118. The number of carboxylic acid groups (broad SMARTS) is 1. The van der Waals surface area contributed by atoms with E-state index in [0.29, 0.717) is 22.3 Å². The highest BCUT2D eigenvalue weighted by atomic mass is 16.5. The fourth-order valence-electron chi connectivity index (χ4n) is 2.32. The minimum Gasteiger partial charge on any atom is -0.481 e. The van der Waals surface area contributed by atoms with Gasteiger partial charge in [-0.25, -0.2) is 4.79 Å². The monoisotopic (exact) mass is 325 g/mol. The largest absolute Gasteiger partial charge is 0.481 e. The predicted octanol–water partition coefficient (Wildman–Crippen LogP) is 2.67. The Morgan fingerprint density at radius 2 is 1.92 bits per heavy atom. The third-order valence-corrected chi connectivity index (χ3v) is 3.48. The normalized spacial score (nSPS) is 11.9. The number of carbonyl (C=O) groups is 2. The average Bonchev–Trinajstić information content (AvgIpc) is 3.01. The minimum absolute atomic E-state index is 0.141. The molecule has 0 aliphatic carbocycles. The van der Waals surface area contributed by atoms with Crippen LogP contribution >= 0.6 is 0 Å². The number of nitrogens with zero attached hydrogens (tertiary/aromatic N) is 1. The quantitative estimate of drug-likeness (QED) is 0.669. The van der Waals surface area contributed by atoms with Crippen LogP contribution in [0.5, 0.6) is 5.75 Å². The van der Waals surface area contributed by atoms with Crippen LogP contribution in [0.3, 0.4) is 0 Å². The molecule has 2 aromatic carbocycles. The van der Waals surface area contributed by atoms with Gasteiger partial charge in [0.15, 0.2) is 11.8 Å². The van der Waals surface area contributed by atoms with Crippen LogP contribution in [-0.2, 0) is 4.79 Å². The van der Waals surface area contributed by atoms with Crippen LogP contribution in [0.2, 0.25) is 0 Å². The number of benzene rings is 2. The number of nitrogens with one attached hydrogen (secondary N) is 2. The summed E-state index contributed by atoms with van der Waals surface area (Å²) in [7, 11) is 0. The van der Waals surface area contributed by atoms with Gasteiger partial charge in [-0.2, -0.15) is 5.10 Å². The van der Waals surface area contributed by atoms with Crippen LogP contribution in [0.4, 0.5) is 5.69 Å². The molecule has 0 aliphatic rings. The van der Waals surface area contributed by atoms with Gasteiger partial charge in [-0.15, -0.1) is 0 Å². The lowest BCUT2D eigenvalue weighted by atomic mass is 10.1. The molecule has 3 rings (SSSR count). The van der Waals surface area contributed by atoms with Crippen LogP contribution < -0.4 is 10.1 Å². The number of fused-ring (bicyclic) bond motifs is 1. The molecule has 1 unspecified atom stereocenters. The number of anilines is 1. The van der Waals surface area contributed by atoms with E-state index in [-0.39, 0.29) is 11.6 Å². The van der Waals surface area contributed by atoms with Crippen molar-refractivity contribution in [3.63, 3.8) is 0 Å². The van der Waals surface area contributed by atoms with Crippen molar-refractivity contribution in [3.05, 3.63) is 54.2 Å². The SMILES string of the molecule is CC(Oc1ccccc1)C(=O)Nc1cccc2[nH]nc(C(=O)O)c12. The number of carbonyl (C=O) groups excluding carboxylic acids is 1. The fourth-order valence-corrected chi connectivity index (χ4v) is 2.32. The third kappa shape index (κ3) is 3.05. The van der Waals surface area contributed by atoms with Crippen molar-refractivity contribution in [2.24, 2.45) is 0 Å². The van der Waals surface area contributed by atoms with Crippen molar-refractivity contribution in [2.45, 2.75) is 13.0 Å². The summed E-state index contributed by atoms with van der Waals surface area (Å²) in [5.74, 6) is -0.978. The smallest absolute Gasteiger partial charge is 0.357 e. The predicted molar refractivity (Wildman–Crippen MR) is 88.2 cm³/mol. The molecule has 7 nitrogen and oxygen atoms in total. The molecule has 0 spiro atoms. The zero-order valence-corrected chi connectivity index (χ0v) is 12.8. The van der Waals surface area contributed by atoms with E-state index >= 15 is 0 Å². The molecule has 24 heavy (non-hydrogen) atoms. The molecular weight excluding hydrogens is 310 g/mol. The van der Waals surface area contributed by atoms with Crippen molar-refractivity contribution >= 4 is 28.5 Å². The lowest BCUT2D eigenvalue weighted by Gasteiger charge is -2.15. The number of aromatic carboxylic acids is 1. The van der Waals surface area contributed by atoms with Crippen LogP contribution in [0.25, 0.3) is 10.9 Å². The molecule has 0 fully saturated rings. The molecule has 0 bridgehead atoms. The Bertz CT molecular complexity index is 889. The zero-order chi connectivity index (χ0) is 17.1. The molecule has 122 valence electrons. The van der Waals surface area contributed by atoms with Gasteiger partial charge in [0.05, 0.1) is 16.6 Å². The Balaban J connectivity index is 1.83. The van der Waals surface area contributed by atoms with Crippen molar-refractivity contribution < 1.29 is 19.4 Å². The third-order valence-electron chi connectivity index (χ3n) is 3.48. The molecule has 0 saturated heterocycles. The molecular formula is C17H15N3O4. The Hall–Kier alpha value is -3.35. The zero-order valence-electron chi connectivity index (χ0n) is 12.8. The number of carboxylic acids is 1. The molecule has 7 heteroatoms. The maximum Gasteiger partial charge on any atom is 0.357 e. The minimum atomic E-state index is -1.17. The van der Waals surface area contributed by atoms with Gasteiger partial charge in [-0.05, 0) is 31.2 Å². The van der Waals surface area contributed by atoms with Crippen LogP contribution in [-0.4, -0.2) is 33.3 Å². The first-order chi connectivity index (χ1) is 11.6. The van der Waals surface area contributed by atoms with Gasteiger partial charge in [-0.3, -0.25) is 9.89 Å². The Kier molecular flexibility index (Phi) is 4.15. The van der Waals surface area contributed by atoms with E-state index in [9.17, 15) is 14.7 Å². The lowest BCUT2D eigenvalue weighted by Crippen LogP contribution is -2.30. The van der Waals surface area contributed by atoms with Gasteiger partial charge in [-0.1, -0.05) is 24.3 Å². The van der Waals surface area contributed by atoms with Crippen LogP contribution in [0.1, 0.15) is 17.4 Å². The molecule has 3 aromatic rings. The van der Waals surface area contributed by atoms with Gasteiger partial charge in [0, 0.05) is 0 Å². The highest BCUT2D eigenvalue weighted by Crippen LogP contribution is 2.25. The maximum absolute atomic E-state index is 12.3. The number of aromatic amines is 1. The van der Waals surface area contributed by atoms with Crippen molar-refractivity contribution in [1.82, 2.24) is 10.2 Å². The van der Waals surface area contributed by atoms with Crippen molar-refractivity contribution in [3.8, 4) is 5.75 Å². The summed E-state index contributed by atoms with van der Waals surface area (Å²) in [6.07, 6.45) is -0.747. The second-order valence-corrected chi connectivity index (χ2v) is 5.17. The Morgan fingerprint density at radius 1 is 1.17 bits per heavy atom. The molecule has 1 atom stereocenters. The standard InChI is InChI=1S/C17H15N3O4/c1-10(24-11-6-3-2-4-7-11)16(21)18-12-8-5-9-13-14(12)15(17(22)23)20-19-13/h2-10H,1H3,(H,18,21)(H,19,20)(H,22,23). The summed E-state index contributed by atoms with van der Waals surface area (Å²) >= 11 is 0. The summed E-state index contributed by atoms with van der Waals surface area (Å²) in [6.45, 7) is 1.62. The number of hydrogen-bond donors (Lipinski definition) is 3. The number of para-hydroxylation sites is 1. The first-order valence-electron chi connectivity index (χ1n) is 7.29. The van der Waals surface area contributed by atoms with Gasteiger partial charge >= 0.3 is 5.97 Å². The van der Waals surface area contributed by atoms with Gasteiger partial charge in [0.1, 0.15) is 5.75 Å². The van der Waals surface area contributed by atoms with E-state index in [2.05, 4.69) is 15.5 Å². The number of rotatable bonds is 5. The van der Waals surface area contributed by atoms with E-state index in [0.717, 1.165) is 0 Å². The van der Waals surface area contributed by atoms with Gasteiger partial charge < -0.3 is 15.2 Å². The summed E-state index contributed by atoms with van der Waals surface area (Å²) in [5.41, 5.74) is 0.756. The van der Waals surface area contributed by atoms with E-state index in [1.807, 2.05) is 18.2 Å². The Labute approximate surface area is 137 Å². The first kappa shape index (κ1) is 15.5. The van der Waals surface area contributed by atoms with Crippen molar-refractivity contribution in [1.29, 1.82) is 0 Å². The van der Waals surface area contributed by atoms with E-state index in [4.69, 9.17) is 4.74 Å². The van der Waals surface area contributed by atoms with Gasteiger partial charge in [0.25, 0.3) is 5.91 Å². The molecule has 1 heterocycles. The molecule has 0 aliphatic heterocycles. The summed E-state index contributed by atoms with van der Waals surface area (Å²) in [5, 5.41) is 18.7. The molecule has 1 amide bonds. The lowest BCUT2D eigenvalue weighted by molar-refractivity contribution is -0.122. The number of H-pyrrole nitrogens is 1. The first-order valence-corrected chi connectivity index (χ1v) is 7.29. The number of hydrogen-bond acceptors (Lipinski definition) is 4. The number of amides is 1. The molecule has 3 N–H and O–H groups in total. The summed E-state index contributed by atoms with van der Waals surface area (Å²) in [6, 6.07) is 14.0. The van der Waals surface area contributed by atoms with E-state index in [1.54, 1.807) is 37.3 Å². The Morgan fingerprint density at radius 3 is 2.62 bits per heavy atom. The van der Waals surface area contributed by atoms with Crippen LogP contribution in [0, 0.1) is 0 Å². The molecule has 1 aromatic heterocycles. The maximum atomic E-state index is 12.3. The highest BCUT2D eigenvalue weighted by molar-refractivity contribution is 6.10. The molecule has 0 saturated carbocycles. The van der Waals surface area contributed by atoms with Gasteiger partial charge in [0.2, 0.25) is 0 Å². The highest BCUT2D eigenvalue weighted by Gasteiger charge is 2.20. The van der Waals surface area contributed by atoms with E-state index in [1.165, 1.54) is 0 Å².